The molecule has 0 rings (SSSR count). The normalized spacial score (nSPS) is 12.5. The summed E-state index contributed by atoms with van der Waals surface area (Å²) in [5, 5.41) is 23.3. The maximum atomic E-state index is 12.5. The van der Waals surface area contributed by atoms with E-state index < -0.39 is 12.1 Å². The molecule has 2 unspecified atom stereocenters. The van der Waals surface area contributed by atoms with Crippen LogP contribution < -0.4 is 5.32 Å². The molecule has 458 valence electrons. The van der Waals surface area contributed by atoms with Gasteiger partial charge in [0.1, 0.15) is 0 Å². The van der Waals surface area contributed by atoms with Gasteiger partial charge < -0.3 is 20.3 Å². The van der Waals surface area contributed by atoms with Gasteiger partial charge in [0.2, 0.25) is 5.91 Å². The van der Waals surface area contributed by atoms with Gasteiger partial charge in [-0.05, 0) is 51.4 Å². The summed E-state index contributed by atoms with van der Waals surface area (Å²) in [6.07, 6.45) is 82.6. The number of rotatable bonds is 67. The van der Waals surface area contributed by atoms with E-state index in [4.69, 9.17) is 4.74 Å². The molecule has 0 aliphatic rings. The Balaban J connectivity index is 3.35. The summed E-state index contributed by atoms with van der Waals surface area (Å²) in [4.78, 5) is 24.6. The number of hydrogen-bond acceptors (Lipinski definition) is 5. The minimum absolute atomic E-state index is 0.0208. The Kier molecular flexibility index (Phi) is 65.9. The van der Waals surface area contributed by atoms with Crippen molar-refractivity contribution in [2.75, 3.05) is 13.2 Å². The first kappa shape index (κ1) is 75.6. The van der Waals surface area contributed by atoms with Crippen molar-refractivity contribution in [2.24, 2.45) is 0 Å². The Morgan fingerprint density at radius 2 is 0.610 bits per heavy atom. The van der Waals surface area contributed by atoms with Crippen LogP contribution in [0.15, 0.2) is 12.2 Å². The Morgan fingerprint density at radius 1 is 0.351 bits per heavy atom. The number of esters is 1. The molecule has 0 saturated heterocycles. The van der Waals surface area contributed by atoms with E-state index in [0.29, 0.717) is 25.9 Å². The summed E-state index contributed by atoms with van der Waals surface area (Å²) < 4.78 is 5.51. The number of ether oxygens (including phenoxy) is 1. The van der Waals surface area contributed by atoms with E-state index in [1.54, 1.807) is 0 Å². The molecule has 6 heteroatoms. The van der Waals surface area contributed by atoms with Gasteiger partial charge in [0.05, 0.1) is 25.4 Å². The maximum absolute atomic E-state index is 12.5. The summed E-state index contributed by atoms with van der Waals surface area (Å²) in [6.45, 7) is 5.00. The second-order valence-electron chi connectivity index (χ2n) is 24.6. The van der Waals surface area contributed by atoms with E-state index in [9.17, 15) is 19.8 Å². The summed E-state index contributed by atoms with van der Waals surface area (Å²) in [6, 6.07) is -0.540. The second-order valence-corrected chi connectivity index (χ2v) is 24.6. The molecule has 0 saturated carbocycles. The first-order chi connectivity index (χ1) is 38.0. The van der Waals surface area contributed by atoms with Crippen molar-refractivity contribution in [2.45, 2.75) is 418 Å². The third kappa shape index (κ3) is 63.6. The summed E-state index contributed by atoms with van der Waals surface area (Å²) >= 11 is 0. The van der Waals surface area contributed by atoms with Gasteiger partial charge in [-0.1, -0.05) is 353 Å². The van der Waals surface area contributed by atoms with Gasteiger partial charge in [0.15, 0.2) is 0 Å². The lowest BCUT2D eigenvalue weighted by molar-refractivity contribution is -0.143. The summed E-state index contributed by atoms with van der Waals surface area (Å²) in [5.74, 6) is -0.0109. The molecule has 0 aromatic carbocycles. The second kappa shape index (κ2) is 67.1. The highest BCUT2D eigenvalue weighted by Crippen LogP contribution is 2.19. The third-order valence-electron chi connectivity index (χ3n) is 16.8. The van der Waals surface area contributed by atoms with Crippen LogP contribution in [0.5, 0.6) is 0 Å². The van der Waals surface area contributed by atoms with Gasteiger partial charge in [-0.2, -0.15) is 0 Å². The molecule has 6 nitrogen and oxygen atoms in total. The SMILES string of the molecule is CCCCCCCCCCCCCCCCCCCC(=O)OCCCCCCCCCCCCCC/C=C\CCCCCCCCCCCCCCC(=O)NC(CO)C(O)CCCCCCCCCCCCCCCCC. The van der Waals surface area contributed by atoms with E-state index in [1.807, 2.05) is 0 Å². The van der Waals surface area contributed by atoms with Crippen LogP contribution in [0.1, 0.15) is 406 Å². The number of allylic oxidation sites excluding steroid dienone is 2. The number of carbonyl (C=O) groups is 2. The van der Waals surface area contributed by atoms with E-state index in [-0.39, 0.29) is 18.5 Å². The molecular formula is C71H139NO5. The fourth-order valence-electron chi connectivity index (χ4n) is 11.4. The van der Waals surface area contributed by atoms with Crippen LogP contribution in [-0.4, -0.2) is 47.4 Å². The van der Waals surface area contributed by atoms with Gasteiger partial charge >= 0.3 is 5.97 Å². The minimum atomic E-state index is -0.663. The Bertz CT molecular complexity index is 1160. The molecule has 0 heterocycles. The van der Waals surface area contributed by atoms with Gasteiger partial charge in [-0.25, -0.2) is 0 Å². The molecule has 77 heavy (non-hydrogen) atoms. The topological polar surface area (TPSA) is 95.9 Å². The van der Waals surface area contributed by atoms with Gasteiger partial charge in [0.25, 0.3) is 0 Å². The number of nitrogens with one attached hydrogen (secondary N) is 1. The summed E-state index contributed by atoms with van der Waals surface area (Å²) in [7, 11) is 0. The molecule has 2 atom stereocenters. The fourth-order valence-corrected chi connectivity index (χ4v) is 11.4. The zero-order valence-corrected chi connectivity index (χ0v) is 52.5. The molecule has 0 bridgehead atoms. The first-order valence-electron chi connectivity index (χ1n) is 35.4. The van der Waals surface area contributed by atoms with Crippen LogP contribution in [0, 0.1) is 0 Å². The van der Waals surface area contributed by atoms with Crippen LogP contribution in [0.2, 0.25) is 0 Å². The van der Waals surface area contributed by atoms with Crippen LogP contribution in [0.4, 0.5) is 0 Å². The molecule has 0 fully saturated rings. The van der Waals surface area contributed by atoms with E-state index >= 15 is 0 Å². The van der Waals surface area contributed by atoms with Crippen LogP contribution in [0.3, 0.4) is 0 Å². The predicted octanol–water partition coefficient (Wildman–Crippen LogP) is 22.8. The third-order valence-corrected chi connectivity index (χ3v) is 16.8. The minimum Gasteiger partial charge on any atom is -0.466 e. The van der Waals surface area contributed by atoms with Crippen molar-refractivity contribution >= 4 is 11.9 Å². The fraction of sp³-hybridized carbons (Fsp3) is 0.944. The predicted molar refractivity (Wildman–Crippen MR) is 338 cm³/mol. The molecule has 3 N–H and O–H groups in total. The van der Waals surface area contributed by atoms with Crippen molar-refractivity contribution in [3.63, 3.8) is 0 Å². The molecule has 0 aromatic heterocycles. The number of unbranched alkanes of at least 4 members (excludes halogenated alkanes) is 54. The van der Waals surface area contributed by atoms with Crippen molar-refractivity contribution in [3.05, 3.63) is 12.2 Å². The van der Waals surface area contributed by atoms with Crippen molar-refractivity contribution < 1.29 is 24.5 Å². The van der Waals surface area contributed by atoms with Crippen molar-refractivity contribution in [1.29, 1.82) is 0 Å². The average Bonchev–Trinajstić information content (AvgIpc) is 3.43. The van der Waals surface area contributed by atoms with E-state index in [2.05, 4.69) is 31.3 Å². The van der Waals surface area contributed by atoms with Crippen LogP contribution >= 0.6 is 0 Å². The molecule has 0 aliphatic carbocycles. The number of aliphatic hydroxyl groups is 2. The van der Waals surface area contributed by atoms with E-state index in [0.717, 1.165) is 38.5 Å². The highest BCUT2D eigenvalue weighted by molar-refractivity contribution is 5.76. The average molecular weight is 1090 g/mol. The molecule has 0 aromatic rings. The largest absolute Gasteiger partial charge is 0.466 e. The lowest BCUT2D eigenvalue weighted by Crippen LogP contribution is -2.45. The highest BCUT2D eigenvalue weighted by Gasteiger charge is 2.20. The molecule has 0 spiro atoms. The number of aliphatic hydroxyl groups excluding tert-OH is 2. The Morgan fingerprint density at radius 3 is 0.922 bits per heavy atom. The van der Waals surface area contributed by atoms with Crippen LogP contribution in [0.25, 0.3) is 0 Å². The lowest BCUT2D eigenvalue weighted by Gasteiger charge is -2.22. The maximum Gasteiger partial charge on any atom is 0.305 e. The van der Waals surface area contributed by atoms with Gasteiger partial charge in [0, 0.05) is 12.8 Å². The summed E-state index contributed by atoms with van der Waals surface area (Å²) in [5.41, 5.74) is 0. The first-order valence-corrected chi connectivity index (χ1v) is 35.4. The Hall–Kier alpha value is -1.40. The number of hydrogen-bond donors (Lipinski definition) is 3. The molecule has 0 aliphatic heterocycles. The lowest BCUT2D eigenvalue weighted by atomic mass is 10.0. The zero-order chi connectivity index (χ0) is 55.7. The Labute approximate surface area is 482 Å². The van der Waals surface area contributed by atoms with Gasteiger partial charge in [-0.15, -0.1) is 0 Å². The standard InChI is InChI=1S/C71H139NO5/c1-3-5-7-9-11-13-15-17-19-32-37-41-45-49-53-57-61-65-71(76)77-66-62-58-54-50-46-42-38-34-31-29-27-25-23-21-20-22-24-26-28-30-33-36-40-44-48-52-56-60-64-70(75)72-68(67-73)69(74)63-59-55-51-47-43-39-35-18-16-14-12-10-8-6-4-2/h20-21,68-69,73-74H,3-19,22-67H2,1-2H3,(H,72,75)/b21-20-. The van der Waals surface area contributed by atoms with Crippen molar-refractivity contribution in [3.8, 4) is 0 Å². The number of amides is 1. The quantitative estimate of drug-likeness (QED) is 0.0320. The highest BCUT2D eigenvalue weighted by atomic mass is 16.5. The van der Waals surface area contributed by atoms with Crippen LogP contribution in [-0.2, 0) is 14.3 Å². The van der Waals surface area contributed by atoms with Gasteiger partial charge in [-0.3, -0.25) is 9.59 Å². The van der Waals surface area contributed by atoms with E-state index in [1.165, 1.54) is 334 Å². The smallest absolute Gasteiger partial charge is 0.305 e. The zero-order valence-electron chi connectivity index (χ0n) is 52.5. The molecule has 1 amide bonds. The number of carbonyl (C=O) groups excluding carboxylic acids is 2. The monoisotopic (exact) mass is 1090 g/mol. The van der Waals surface area contributed by atoms with Crippen molar-refractivity contribution in [1.82, 2.24) is 5.32 Å². The molecule has 0 radical (unpaired) electrons. The molecular weight excluding hydrogens is 947 g/mol.